The molecule has 0 saturated carbocycles. The smallest absolute Gasteiger partial charge is 0.0549 e. The number of piperazine rings is 1. The van der Waals surface area contributed by atoms with Crippen molar-refractivity contribution in [2.75, 3.05) is 51.3 Å². The molecular formula is C29H49N5O. The van der Waals surface area contributed by atoms with E-state index < -0.39 is 0 Å². The van der Waals surface area contributed by atoms with Gasteiger partial charge in [0.05, 0.1) is 11.4 Å². The van der Waals surface area contributed by atoms with Crippen LogP contribution in [0.1, 0.15) is 63.8 Å². The summed E-state index contributed by atoms with van der Waals surface area (Å²) in [7, 11) is 1.86. The lowest BCUT2D eigenvalue weighted by molar-refractivity contribution is 0.0968. The van der Waals surface area contributed by atoms with Crippen LogP contribution in [0, 0.1) is 6.92 Å². The van der Waals surface area contributed by atoms with Gasteiger partial charge in [0.15, 0.2) is 0 Å². The standard InChI is InChI=1S/C20H27N5.C5H10O.2C2H6/c1-16-13-18(6-7-19(16)20(21)14-22-2)25-11-9-24(10-12-25)15-17-5-3-4-8-23-17;1-2-4-6-5-3-1;2*1-2/h3-8,13-14,22H,9-12,15,21H2,1-2H3;1-5H2;2*1-2H3/b20-14-;;;. The molecule has 0 atom stereocenters. The summed E-state index contributed by atoms with van der Waals surface area (Å²) in [5, 5.41) is 2.99. The fourth-order valence-electron chi connectivity index (χ4n) is 3.97. The van der Waals surface area contributed by atoms with Crippen LogP contribution < -0.4 is 16.0 Å². The third-order valence-electron chi connectivity index (χ3n) is 5.75. The van der Waals surface area contributed by atoms with Gasteiger partial charge in [-0.3, -0.25) is 9.88 Å². The van der Waals surface area contributed by atoms with Crippen LogP contribution in [0.15, 0.2) is 48.8 Å². The van der Waals surface area contributed by atoms with Gasteiger partial charge in [0.25, 0.3) is 0 Å². The number of nitrogens with one attached hydrogen (secondary N) is 1. The van der Waals surface area contributed by atoms with E-state index in [0.717, 1.165) is 62.9 Å². The number of ether oxygens (including phenoxy) is 1. The number of nitrogens with two attached hydrogens (primary N) is 1. The highest BCUT2D eigenvalue weighted by Gasteiger charge is 2.18. The van der Waals surface area contributed by atoms with Gasteiger partial charge in [-0.05, 0) is 56.0 Å². The second-order valence-electron chi connectivity index (χ2n) is 8.14. The van der Waals surface area contributed by atoms with Gasteiger partial charge in [0.2, 0.25) is 0 Å². The van der Waals surface area contributed by atoms with E-state index in [2.05, 4.69) is 57.4 Å². The third-order valence-corrected chi connectivity index (χ3v) is 5.75. The molecular weight excluding hydrogens is 434 g/mol. The number of anilines is 1. The number of benzene rings is 1. The van der Waals surface area contributed by atoms with Crippen molar-refractivity contribution in [3.8, 4) is 0 Å². The molecule has 2 saturated heterocycles. The number of rotatable bonds is 5. The Balaban J connectivity index is 0.000000519. The zero-order chi connectivity index (χ0) is 25.9. The van der Waals surface area contributed by atoms with Gasteiger partial charge in [-0.2, -0.15) is 0 Å². The Labute approximate surface area is 214 Å². The molecule has 196 valence electrons. The van der Waals surface area contributed by atoms with Gasteiger partial charge in [0, 0.05) is 76.6 Å². The van der Waals surface area contributed by atoms with Crippen LogP contribution in [0.3, 0.4) is 0 Å². The molecule has 0 bridgehead atoms. The maximum absolute atomic E-state index is 6.10. The minimum absolute atomic E-state index is 0.770. The maximum atomic E-state index is 6.10. The monoisotopic (exact) mass is 483 g/mol. The van der Waals surface area contributed by atoms with E-state index >= 15 is 0 Å². The molecule has 2 aliphatic heterocycles. The van der Waals surface area contributed by atoms with Crippen molar-refractivity contribution in [1.82, 2.24) is 15.2 Å². The molecule has 2 aromatic rings. The summed E-state index contributed by atoms with van der Waals surface area (Å²) in [4.78, 5) is 9.34. The molecule has 6 heteroatoms. The molecule has 3 heterocycles. The van der Waals surface area contributed by atoms with E-state index in [4.69, 9.17) is 10.5 Å². The molecule has 4 rings (SSSR count). The van der Waals surface area contributed by atoms with E-state index in [0.29, 0.717) is 0 Å². The van der Waals surface area contributed by atoms with E-state index in [1.807, 2.05) is 53.2 Å². The van der Waals surface area contributed by atoms with Gasteiger partial charge < -0.3 is 20.7 Å². The Kier molecular flexibility index (Phi) is 16.3. The van der Waals surface area contributed by atoms with Crippen LogP contribution in [0.2, 0.25) is 0 Å². The van der Waals surface area contributed by atoms with Crippen molar-refractivity contribution in [3.05, 3.63) is 65.6 Å². The van der Waals surface area contributed by atoms with Crippen LogP contribution in [0.4, 0.5) is 5.69 Å². The Morgan fingerprint density at radius 1 is 1.00 bits per heavy atom. The molecule has 0 unspecified atom stereocenters. The fraction of sp³-hybridized carbons (Fsp3) is 0.552. The largest absolute Gasteiger partial charge is 0.397 e. The average molecular weight is 484 g/mol. The van der Waals surface area contributed by atoms with Crippen LogP contribution in [-0.4, -0.2) is 56.3 Å². The second-order valence-corrected chi connectivity index (χ2v) is 8.14. The van der Waals surface area contributed by atoms with Crippen molar-refractivity contribution in [2.24, 2.45) is 5.73 Å². The summed E-state index contributed by atoms with van der Waals surface area (Å²) < 4.78 is 5.07. The minimum Gasteiger partial charge on any atom is -0.397 e. The Bertz CT molecular complexity index is 802. The van der Waals surface area contributed by atoms with Gasteiger partial charge in [-0.1, -0.05) is 39.8 Å². The molecule has 35 heavy (non-hydrogen) atoms. The molecule has 1 aromatic carbocycles. The van der Waals surface area contributed by atoms with Crippen molar-refractivity contribution >= 4 is 11.4 Å². The molecule has 6 nitrogen and oxygen atoms in total. The summed E-state index contributed by atoms with van der Waals surface area (Å²) in [6, 6.07) is 12.6. The second kappa shape index (κ2) is 18.7. The maximum Gasteiger partial charge on any atom is 0.0549 e. The lowest BCUT2D eigenvalue weighted by Gasteiger charge is -2.36. The minimum atomic E-state index is 0.770. The summed E-state index contributed by atoms with van der Waals surface area (Å²) in [6.07, 6.45) is 7.63. The molecule has 2 fully saturated rings. The van der Waals surface area contributed by atoms with Crippen LogP contribution >= 0.6 is 0 Å². The van der Waals surface area contributed by atoms with Crippen molar-refractivity contribution in [1.29, 1.82) is 0 Å². The van der Waals surface area contributed by atoms with E-state index in [1.54, 1.807) is 0 Å². The zero-order valence-corrected chi connectivity index (χ0v) is 23.0. The molecule has 2 aliphatic rings. The summed E-state index contributed by atoms with van der Waals surface area (Å²) in [5.41, 5.74) is 11.6. The lowest BCUT2D eigenvalue weighted by Crippen LogP contribution is -2.46. The van der Waals surface area contributed by atoms with E-state index in [1.165, 1.54) is 30.5 Å². The Morgan fingerprint density at radius 2 is 1.69 bits per heavy atom. The first-order valence-electron chi connectivity index (χ1n) is 13.4. The quantitative estimate of drug-likeness (QED) is 0.591. The topological polar surface area (TPSA) is 66.7 Å². The highest BCUT2D eigenvalue weighted by atomic mass is 16.5. The normalized spacial score (nSPS) is 15.9. The van der Waals surface area contributed by atoms with Gasteiger partial charge in [-0.25, -0.2) is 0 Å². The molecule has 3 N–H and O–H groups in total. The molecule has 1 aromatic heterocycles. The first kappa shape index (κ1) is 30.5. The number of aryl methyl sites for hydroxylation is 1. The van der Waals surface area contributed by atoms with Gasteiger partial charge in [0.1, 0.15) is 0 Å². The number of hydrogen-bond donors (Lipinski definition) is 2. The summed E-state index contributed by atoms with van der Waals surface area (Å²) in [6.45, 7) is 17.2. The van der Waals surface area contributed by atoms with Crippen molar-refractivity contribution in [2.45, 2.75) is 60.4 Å². The first-order valence-corrected chi connectivity index (χ1v) is 13.4. The molecule has 0 radical (unpaired) electrons. The van der Waals surface area contributed by atoms with Crippen molar-refractivity contribution < 1.29 is 4.74 Å². The highest BCUT2D eigenvalue weighted by Crippen LogP contribution is 2.23. The third kappa shape index (κ3) is 11.1. The zero-order valence-electron chi connectivity index (χ0n) is 23.0. The van der Waals surface area contributed by atoms with Crippen LogP contribution in [-0.2, 0) is 11.3 Å². The average Bonchev–Trinajstić information content (AvgIpc) is 2.93. The summed E-state index contributed by atoms with van der Waals surface area (Å²) >= 11 is 0. The van der Waals surface area contributed by atoms with E-state index in [-0.39, 0.29) is 0 Å². The van der Waals surface area contributed by atoms with E-state index in [9.17, 15) is 0 Å². The number of nitrogens with zero attached hydrogens (tertiary/aromatic N) is 3. The molecule has 0 amide bonds. The van der Waals surface area contributed by atoms with Gasteiger partial charge >= 0.3 is 0 Å². The first-order chi connectivity index (χ1) is 17.2. The molecule has 0 spiro atoms. The van der Waals surface area contributed by atoms with Crippen molar-refractivity contribution in [3.63, 3.8) is 0 Å². The number of aromatic nitrogens is 1. The van der Waals surface area contributed by atoms with Crippen LogP contribution in [0.5, 0.6) is 0 Å². The highest BCUT2D eigenvalue weighted by molar-refractivity contribution is 5.68. The number of pyridine rings is 1. The molecule has 0 aliphatic carbocycles. The SMILES string of the molecule is C1CCOCC1.CC.CC.CN/C=C(\N)c1ccc(N2CCN(Cc3ccccn3)CC2)cc1C. The Hall–Kier alpha value is -2.57. The predicted octanol–water partition coefficient (Wildman–Crippen LogP) is 5.43. The van der Waals surface area contributed by atoms with Gasteiger partial charge in [-0.15, -0.1) is 0 Å². The Morgan fingerprint density at radius 3 is 2.17 bits per heavy atom. The predicted molar refractivity (Wildman–Crippen MR) is 151 cm³/mol. The van der Waals surface area contributed by atoms with Crippen LogP contribution in [0.25, 0.3) is 5.70 Å². The number of hydrogen-bond acceptors (Lipinski definition) is 6. The summed E-state index contributed by atoms with van der Waals surface area (Å²) in [5.74, 6) is 0. The fourth-order valence-corrected chi connectivity index (χ4v) is 3.97. The lowest BCUT2D eigenvalue weighted by atomic mass is 10.0.